The molecule has 0 aliphatic heterocycles. The molecule has 0 heterocycles. The summed E-state index contributed by atoms with van der Waals surface area (Å²) in [6.07, 6.45) is 4.01. The number of esters is 1. The maximum Gasteiger partial charge on any atom is 0.321 e. The largest absolute Gasteiger partial charge is 0.427 e. The van der Waals surface area contributed by atoms with E-state index in [9.17, 15) is 9.59 Å². The summed E-state index contributed by atoms with van der Waals surface area (Å²) in [5.41, 5.74) is 2.08. The summed E-state index contributed by atoms with van der Waals surface area (Å²) in [5, 5.41) is 3.07. The lowest BCUT2D eigenvalue weighted by atomic mass is 10.1. The second-order valence-corrected chi connectivity index (χ2v) is 9.13. The summed E-state index contributed by atoms with van der Waals surface area (Å²) in [5.74, 6) is 0.202. The van der Waals surface area contributed by atoms with Crippen LogP contribution in [-0.2, 0) is 11.2 Å². The molecule has 0 aliphatic carbocycles. The van der Waals surface area contributed by atoms with Gasteiger partial charge in [0.25, 0.3) is 0 Å². The molecule has 2 amide bonds. The van der Waals surface area contributed by atoms with E-state index in [1.54, 1.807) is 23.9 Å². The quantitative estimate of drug-likeness (QED) is 0.190. The van der Waals surface area contributed by atoms with Crippen molar-refractivity contribution < 1.29 is 14.3 Å². The fourth-order valence-corrected chi connectivity index (χ4v) is 4.29. The molecule has 0 radical (unpaired) electrons. The number of anilines is 1. The Morgan fingerprint density at radius 3 is 2.15 bits per heavy atom. The second-order valence-electron chi connectivity index (χ2n) is 7.99. The highest BCUT2D eigenvalue weighted by Crippen LogP contribution is 2.30. The lowest BCUT2D eigenvalue weighted by Crippen LogP contribution is -2.41. The number of carbonyl (C=O) groups excluding carboxylic acids is 2. The molecule has 178 valence electrons. The number of nitrogens with one attached hydrogen (secondary N) is 1. The van der Waals surface area contributed by atoms with E-state index in [1.165, 1.54) is 12.5 Å². The van der Waals surface area contributed by atoms with Gasteiger partial charge in [-0.3, -0.25) is 9.69 Å². The zero-order valence-corrected chi connectivity index (χ0v) is 20.6. The van der Waals surface area contributed by atoms with Crippen molar-refractivity contribution in [3.05, 3.63) is 84.4 Å². The molecule has 0 unspecified atom stereocenters. The van der Waals surface area contributed by atoms with Crippen LogP contribution >= 0.6 is 11.8 Å². The average Bonchev–Trinajstić information content (AvgIpc) is 2.84. The highest BCUT2D eigenvalue weighted by molar-refractivity contribution is 7.99. The van der Waals surface area contributed by atoms with Gasteiger partial charge >= 0.3 is 12.0 Å². The number of hydrogen-bond donors (Lipinski definition) is 1. The van der Waals surface area contributed by atoms with Crippen LogP contribution in [0.1, 0.15) is 38.7 Å². The highest BCUT2D eigenvalue weighted by Gasteiger charge is 2.15. The van der Waals surface area contributed by atoms with E-state index in [-0.39, 0.29) is 12.0 Å². The molecule has 0 spiro atoms. The van der Waals surface area contributed by atoms with E-state index < -0.39 is 0 Å². The van der Waals surface area contributed by atoms with Gasteiger partial charge in [0.15, 0.2) is 0 Å². The molecule has 1 N–H and O–H groups in total. The van der Waals surface area contributed by atoms with Gasteiger partial charge in [0.2, 0.25) is 0 Å². The third-order valence-corrected chi connectivity index (χ3v) is 6.25. The van der Waals surface area contributed by atoms with Gasteiger partial charge in [-0.05, 0) is 66.9 Å². The third-order valence-electron chi connectivity index (χ3n) is 5.24. The van der Waals surface area contributed by atoms with Crippen LogP contribution in [0.3, 0.4) is 0 Å². The van der Waals surface area contributed by atoms with Crippen LogP contribution in [0, 0.1) is 0 Å². The molecule has 6 heteroatoms. The Bertz CT molecular complexity index is 1040. The van der Waals surface area contributed by atoms with Crippen LogP contribution in [0.2, 0.25) is 0 Å². The van der Waals surface area contributed by atoms with E-state index in [0.717, 1.165) is 41.2 Å². The third kappa shape index (κ3) is 8.27. The Labute approximate surface area is 206 Å². The van der Waals surface area contributed by atoms with Gasteiger partial charge in [-0.15, -0.1) is 0 Å². The van der Waals surface area contributed by atoms with Crippen LogP contribution in [0.4, 0.5) is 10.5 Å². The Morgan fingerprint density at radius 2 is 1.53 bits per heavy atom. The summed E-state index contributed by atoms with van der Waals surface area (Å²) in [6.45, 7) is 4.83. The summed E-state index contributed by atoms with van der Waals surface area (Å²) in [4.78, 5) is 28.0. The Morgan fingerprint density at radius 1 is 0.882 bits per heavy atom. The predicted octanol–water partition coefficient (Wildman–Crippen LogP) is 6.71. The van der Waals surface area contributed by atoms with E-state index >= 15 is 0 Å². The van der Waals surface area contributed by atoms with Gasteiger partial charge in [-0.2, -0.15) is 0 Å². The van der Waals surface area contributed by atoms with Gasteiger partial charge < -0.3 is 10.1 Å². The van der Waals surface area contributed by atoms with Crippen LogP contribution in [-0.4, -0.2) is 25.1 Å². The number of ether oxygens (including phenoxy) is 1. The summed E-state index contributed by atoms with van der Waals surface area (Å²) < 4.78 is 5.09. The first-order valence-corrected chi connectivity index (χ1v) is 12.5. The smallest absolute Gasteiger partial charge is 0.321 e. The number of carbonyl (C=O) groups is 2. The maximum atomic E-state index is 13.0. The summed E-state index contributed by atoms with van der Waals surface area (Å²) >= 11 is 1.61. The lowest BCUT2D eigenvalue weighted by Gasteiger charge is -2.24. The van der Waals surface area contributed by atoms with E-state index in [0.29, 0.717) is 18.8 Å². The van der Waals surface area contributed by atoms with Crippen molar-refractivity contribution in [3.8, 4) is 5.75 Å². The minimum absolute atomic E-state index is 0.0616. The van der Waals surface area contributed by atoms with Crippen LogP contribution in [0.15, 0.2) is 88.7 Å². The van der Waals surface area contributed by atoms with Crippen molar-refractivity contribution in [2.45, 2.75) is 49.3 Å². The van der Waals surface area contributed by atoms with Crippen molar-refractivity contribution in [1.29, 1.82) is 0 Å². The van der Waals surface area contributed by atoms with Crippen molar-refractivity contribution in [2.24, 2.45) is 0 Å². The zero-order valence-electron chi connectivity index (χ0n) is 19.8. The number of rotatable bonds is 11. The average molecular weight is 477 g/mol. The van der Waals surface area contributed by atoms with Crippen molar-refractivity contribution in [3.63, 3.8) is 0 Å². The fraction of sp³-hybridized carbons (Fsp3) is 0.286. The van der Waals surface area contributed by atoms with Gasteiger partial charge in [0, 0.05) is 35.5 Å². The molecule has 5 nitrogen and oxygen atoms in total. The first-order valence-electron chi connectivity index (χ1n) is 11.7. The summed E-state index contributed by atoms with van der Waals surface area (Å²) in [6, 6.07) is 25.6. The molecule has 0 aliphatic rings. The molecule has 0 fully saturated rings. The topological polar surface area (TPSA) is 58.6 Å². The number of nitrogens with zero attached hydrogens (tertiary/aromatic N) is 1. The monoisotopic (exact) mass is 476 g/mol. The number of urea groups is 1. The van der Waals surface area contributed by atoms with Gasteiger partial charge in [-0.1, -0.05) is 61.9 Å². The van der Waals surface area contributed by atoms with E-state index in [1.807, 2.05) is 59.5 Å². The Hall–Kier alpha value is -3.25. The predicted molar refractivity (Wildman–Crippen MR) is 139 cm³/mol. The number of hydrogen-bond acceptors (Lipinski definition) is 4. The molecule has 34 heavy (non-hydrogen) atoms. The van der Waals surface area contributed by atoms with Gasteiger partial charge in [0.05, 0.1) is 0 Å². The molecule has 3 aromatic carbocycles. The minimum atomic E-state index is -0.331. The Balaban J connectivity index is 1.67. The van der Waals surface area contributed by atoms with E-state index in [4.69, 9.17) is 4.74 Å². The van der Waals surface area contributed by atoms with Crippen LogP contribution in [0.25, 0.3) is 0 Å². The minimum Gasteiger partial charge on any atom is -0.427 e. The Kier molecular flexibility index (Phi) is 10.0. The fourth-order valence-electron chi connectivity index (χ4n) is 3.47. The van der Waals surface area contributed by atoms with Crippen LogP contribution < -0.4 is 15.0 Å². The molecule has 3 aromatic rings. The van der Waals surface area contributed by atoms with Crippen LogP contribution in [0.5, 0.6) is 5.75 Å². The number of benzene rings is 3. The number of amides is 2. The first-order chi connectivity index (χ1) is 16.5. The number of unbranched alkanes of at least 4 members (excludes halogenated alkanes) is 2. The van der Waals surface area contributed by atoms with Crippen molar-refractivity contribution >= 4 is 29.4 Å². The molecule has 0 atom stereocenters. The standard InChI is InChI=1S/C28H32N2O3S/c1-3-4-8-20-29-28(32)30(21-19-23-9-6-5-7-10-23)24-11-15-26(16-12-24)34-27-17-13-25(14-18-27)33-22(2)31/h5-7,9-18H,3-4,8,19-21H2,1-2H3,(H,29,32). The second kappa shape index (κ2) is 13.5. The maximum absolute atomic E-state index is 13.0. The summed E-state index contributed by atoms with van der Waals surface area (Å²) in [7, 11) is 0. The van der Waals surface area contributed by atoms with E-state index in [2.05, 4.69) is 24.4 Å². The van der Waals surface area contributed by atoms with Gasteiger partial charge in [0.1, 0.15) is 5.75 Å². The normalized spacial score (nSPS) is 10.5. The lowest BCUT2D eigenvalue weighted by molar-refractivity contribution is -0.131. The first kappa shape index (κ1) is 25.4. The molecule has 0 saturated heterocycles. The molecule has 0 aromatic heterocycles. The molecular formula is C28H32N2O3S. The SMILES string of the molecule is CCCCCNC(=O)N(CCc1ccccc1)c1ccc(Sc2ccc(OC(C)=O)cc2)cc1. The van der Waals surface area contributed by atoms with Crippen molar-refractivity contribution in [1.82, 2.24) is 5.32 Å². The molecule has 0 saturated carbocycles. The highest BCUT2D eigenvalue weighted by atomic mass is 32.2. The van der Waals surface area contributed by atoms with Gasteiger partial charge in [-0.25, -0.2) is 4.79 Å². The molecular weight excluding hydrogens is 444 g/mol. The van der Waals surface area contributed by atoms with Crippen molar-refractivity contribution in [2.75, 3.05) is 18.0 Å². The zero-order chi connectivity index (χ0) is 24.2. The molecule has 3 rings (SSSR count). The molecule has 0 bridgehead atoms.